The smallest absolute Gasteiger partial charge is 0.411 e. The summed E-state index contributed by atoms with van der Waals surface area (Å²) in [7, 11) is 0. The zero-order valence-electron chi connectivity index (χ0n) is 11.0. The zero-order valence-corrected chi connectivity index (χ0v) is 11.0. The molecule has 1 aliphatic heterocycles. The van der Waals surface area contributed by atoms with Gasteiger partial charge in [0.1, 0.15) is 5.60 Å². The van der Waals surface area contributed by atoms with Crippen molar-refractivity contribution in [1.29, 1.82) is 0 Å². The van der Waals surface area contributed by atoms with Crippen LogP contribution in [0.1, 0.15) is 47.5 Å². The fourth-order valence-electron chi connectivity index (χ4n) is 2.12. The first kappa shape index (κ1) is 13.1. The fraction of sp³-hybridized carbons (Fsp3) is 0.769. The van der Waals surface area contributed by atoms with Crippen LogP contribution >= 0.6 is 0 Å². The van der Waals surface area contributed by atoms with Crippen molar-refractivity contribution in [3.63, 3.8) is 0 Å². The lowest BCUT2D eigenvalue weighted by molar-refractivity contribution is 0.00791. The molecule has 92 valence electrons. The molecule has 1 saturated heterocycles. The van der Waals surface area contributed by atoms with Gasteiger partial charge in [0.2, 0.25) is 0 Å². The van der Waals surface area contributed by atoms with Crippen LogP contribution in [-0.2, 0) is 4.74 Å². The molecular formula is C13H23NO2. The second-order valence-corrected chi connectivity index (χ2v) is 6.00. The minimum absolute atomic E-state index is 0.102. The number of hydrogen-bond acceptors (Lipinski definition) is 2. The van der Waals surface area contributed by atoms with Gasteiger partial charge in [0.05, 0.1) is 6.04 Å². The van der Waals surface area contributed by atoms with Crippen molar-refractivity contribution < 1.29 is 9.53 Å². The maximum absolute atomic E-state index is 12.1. The summed E-state index contributed by atoms with van der Waals surface area (Å²) < 4.78 is 5.43. The van der Waals surface area contributed by atoms with Crippen molar-refractivity contribution in [2.24, 2.45) is 0 Å². The number of hydrogen-bond donors (Lipinski definition) is 0. The van der Waals surface area contributed by atoms with E-state index in [9.17, 15) is 4.79 Å². The van der Waals surface area contributed by atoms with E-state index < -0.39 is 5.60 Å². The average molecular weight is 225 g/mol. The molecule has 0 aromatic heterocycles. The van der Waals surface area contributed by atoms with Crippen LogP contribution in [0.15, 0.2) is 12.7 Å². The minimum atomic E-state index is -0.443. The van der Waals surface area contributed by atoms with E-state index in [0.717, 1.165) is 12.8 Å². The Labute approximate surface area is 98.5 Å². The Morgan fingerprint density at radius 1 is 1.50 bits per heavy atom. The van der Waals surface area contributed by atoms with Crippen LogP contribution in [0.2, 0.25) is 0 Å². The van der Waals surface area contributed by atoms with E-state index >= 15 is 0 Å². The summed E-state index contributed by atoms with van der Waals surface area (Å²) in [5.41, 5.74) is -0.581. The molecule has 1 fully saturated rings. The lowest BCUT2D eigenvalue weighted by atomic mass is 10.0. The lowest BCUT2D eigenvalue weighted by Gasteiger charge is -2.36. The van der Waals surface area contributed by atoms with Crippen molar-refractivity contribution in [2.75, 3.05) is 0 Å². The quantitative estimate of drug-likeness (QED) is 0.640. The highest BCUT2D eigenvalue weighted by Crippen LogP contribution is 2.35. The monoisotopic (exact) mass is 225 g/mol. The van der Waals surface area contributed by atoms with Crippen LogP contribution in [-0.4, -0.2) is 28.2 Å². The fourth-order valence-corrected chi connectivity index (χ4v) is 2.12. The molecule has 1 rings (SSSR count). The average Bonchev–Trinajstić information content (AvgIpc) is 2.37. The van der Waals surface area contributed by atoms with Crippen LogP contribution in [0, 0.1) is 0 Å². The van der Waals surface area contributed by atoms with E-state index in [-0.39, 0.29) is 17.7 Å². The Hall–Kier alpha value is -0.990. The number of carbonyl (C=O) groups excluding carboxylic acids is 1. The summed E-state index contributed by atoms with van der Waals surface area (Å²) in [6.45, 7) is 13.6. The van der Waals surface area contributed by atoms with Crippen LogP contribution < -0.4 is 0 Å². The third-order valence-corrected chi connectivity index (χ3v) is 2.90. The molecule has 16 heavy (non-hydrogen) atoms. The third kappa shape index (κ3) is 2.77. The molecule has 3 heteroatoms. The highest BCUT2D eigenvalue weighted by atomic mass is 16.6. The first-order valence-corrected chi connectivity index (χ1v) is 5.82. The van der Waals surface area contributed by atoms with Crippen LogP contribution in [0.5, 0.6) is 0 Å². The van der Waals surface area contributed by atoms with Gasteiger partial charge in [-0.05, 0) is 47.5 Å². The maximum atomic E-state index is 12.1. The van der Waals surface area contributed by atoms with Gasteiger partial charge in [0.15, 0.2) is 0 Å². The Morgan fingerprint density at radius 2 is 2.06 bits per heavy atom. The van der Waals surface area contributed by atoms with Crippen LogP contribution in [0.25, 0.3) is 0 Å². The van der Waals surface area contributed by atoms with Gasteiger partial charge in [-0.2, -0.15) is 0 Å². The molecule has 0 spiro atoms. The first-order valence-electron chi connectivity index (χ1n) is 5.82. The van der Waals surface area contributed by atoms with Crippen molar-refractivity contribution in [3.05, 3.63) is 12.7 Å². The highest BCUT2D eigenvalue weighted by Gasteiger charge is 2.42. The molecule has 0 aromatic carbocycles. The largest absolute Gasteiger partial charge is 0.444 e. The summed E-state index contributed by atoms with van der Waals surface area (Å²) in [5, 5.41) is 0. The number of carbonyl (C=O) groups is 1. The molecule has 0 aliphatic carbocycles. The van der Waals surface area contributed by atoms with E-state index in [0.29, 0.717) is 0 Å². The predicted molar refractivity (Wildman–Crippen MR) is 65.4 cm³/mol. The Kier molecular flexibility index (Phi) is 3.36. The second-order valence-electron chi connectivity index (χ2n) is 6.00. The molecule has 1 aliphatic rings. The molecule has 0 aromatic rings. The summed E-state index contributed by atoms with van der Waals surface area (Å²) >= 11 is 0. The maximum Gasteiger partial charge on any atom is 0.411 e. The topological polar surface area (TPSA) is 29.5 Å². The van der Waals surface area contributed by atoms with Gasteiger partial charge in [-0.1, -0.05) is 6.08 Å². The molecule has 1 heterocycles. The van der Waals surface area contributed by atoms with E-state index in [4.69, 9.17) is 4.74 Å². The standard InChI is InChI=1S/C13H23NO2/c1-7-10-8-9-13(5,6)14(10)11(15)16-12(2,3)4/h7,10H,1,8-9H2,2-6H3. The van der Waals surface area contributed by atoms with Gasteiger partial charge in [-0.15, -0.1) is 6.58 Å². The Morgan fingerprint density at radius 3 is 2.50 bits per heavy atom. The SMILES string of the molecule is C=CC1CCC(C)(C)N1C(=O)OC(C)(C)C. The van der Waals surface area contributed by atoms with Crippen molar-refractivity contribution in [1.82, 2.24) is 4.90 Å². The number of nitrogens with zero attached hydrogens (tertiary/aromatic N) is 1. The van der Waals surface area contributed by atoms with E-state index in [1.165, 1.54) is 0 Å². The molecule has 0 N–H and O–H groups in total. The molecule has 1 amide bonds. The van der Waals surface area contributed by atoms with Gasteiger partial charge in [-0.3, -0.25) is 4.90 Å². The van der Waals surface area contributed by atoms with Gasteiger partial charge < -0.3 is 4.74 Å². The normalized spacial score (nSPS) is 24.3. The minimum Gasteiger partial charge on any atom is -0.444 e. The zero-order chi connectivity index (χ0) is 12.6. The number of ether oxygens (including phenoxy) is 1. The Balaban J connectivity index is 2.83. The number of likely N-dealkylation sites (tertiary alicyclic amines) is 1. The van der Waals surface area contributed by atoms with Gasteiger partial charge in [0, 0.05) is 5.54 Å². The molecule has 0 radical (unpaired) electrons. The van der Waals surface area contributed by atoms with Gasteiger partial charge in [-0.25, -0.2) is 4.79 Å². The van der Waals surface area contributed by atoms with Gasteiger partial charge >= 0.3 is 6.09 Å². The van der Waals surface area contributed by atoms with E-state index in [1.807, 2.05) is 31.7 Å². The molecule has 3 nitrogen and oxygen atoms in total. The predicted octanol–water partition coefficient (Wildman–Crippen LogP) is 3.35. The molecule has 0 bridgehead atoms. The highest BCUT2D eigenvalue weighted by molar-refractivity contribution is 5.70. The number of amides is 1. The second kappa shape index (κ2) is 4.11. The third-order valence-electron chi connectivity index (χ3n) is 2.90. The van der Waals surface area contributed by atoms with Crippen molar-refractivity contribution in [3.8, 4) is 0 Å². The molecular weight excluding hydrogens is 202 g/mol. The van der Waals surface area contributed by atoms with Crippen LogP contribution in [0.4, 0.5) is 4.79 Å². The lowest BCUT2D eigenvalue weighted by Crippen LogP contribution is -2.48. The molecule has 1 unspecified atom stereocenters. The van der Waals surface area contributed by atoms with Crippen molar-refractivity contribution in [2.45, 2.75) is 64.6 Å². The summed E-state index contributed by atoms with van der Waals surface area (Å²) in [5.74, 6) is 0. The van der Waals surface area contributed by atoms with Crippen molar-refractivity contribution >= 4 is 6.09 Å². The first-order chi connectivity index (χ1) is 7.17. The summed E-state index contributed by atoms with van der Waals surface area (Å²) in [4.78, 5) is 13.9. The van der Waals surface area contributed by atoms with Crippen LogP contribution in [0.3, 0.4) is 0 Å². The van der Waals surface area contributed by atoms with E-state index in [1.54, 1.807) is 0 Å². The Bertz CT molecular complexity index is 289. The molecule has 0 saturated carbocycles. The number of rotatable bonds is 1. The summed E-state index contributed by atoms with van der Waals surface area (Å²) in [6.07, 6.45) is 3.55. The van der Waals surface area contributed by atoms with E-state index in [2.05, 4.69) is 20.4 Å². The molecule has 1 atom stereocenters. The summed E-state index contributed by atoms with van der Waals surface area (Å²) in [6, 6.07) is 0.102. The van der Waals surface area contributed by atoms with Gasteiger partial charge in [0.25, 0.3) is 0 Å².